The van der Waals surface area contributed by atoms with Crippen LogP contribution in [0.25, 0.3) is 11.1 Å². The molecule has 2 aliphatic rings. The van der Waals surface area contributed by atoms with Crippen molar-refractivity contribution in [2.45, 2.75) is 31.8 Å². The number of amides is 1. The zero-order chi connectivity index (χ0) is 25.4. The number of aliphatic imine (C=N–C) groups is 1. The predicted molar refractivity (Wildman–Crippen MR) is 147 cm³/mol. The van der Waals surface area contributed by atoms with Crippen LogP contribution in [0.1, 0.15) is 30.0 Å². The van der Waals surface area contributed by atoms with Crippen molar-refractivity contribution in [3.63, 3.8) is 0 Å². The SMILES string of the molecule is Cc1cc(Cl)cc(N2C=Nc3ccc(-c4cccc(O)c4Cl)cc3C2C(=O)N(C)C[C@@H]2CCCN2)c1. The number of likely N-dealkylation sites (N-methyl/N-ethyl adjacent to an activating group) is 1. The van der Waals surface area contributed by atoms with Gasteiger partial charge in [-0.15, -0.1) is 0 Å². The number of nitrogens with one attached hydrogen (secondary N) is 1. The number of benzene rings is 3. The van der Waals surface area contributed by atoms with Gasteiger partial charge in [-0.1, -0.05) is 41.4 Å². The molecule has 5 rings (SSSR count). The number of phenolic OH excluding ortho intramolecular Hbond substituents is 1. The molecule has 6 nitrogen and oxygen atoms in total. The van der Waals surface area contributed by atoms with E-state index in [4.69, 9.17) is 23.2 Å². The highest BCUT2D eigenvalue weighted by molar-refractivity contribution is 6.34. The minimum absolute atomic E-state index is 0.0114. The molecule has 8 heteroatoms. The van der Waals surface area contributed by atoms with Crippen LogP contribution in [-0.4, -0.2) is 48.4 Å². The molecule has 2 heterocycles. The quantitative estimate of drug-likeness (QED) is 0.424. The van der Waals surface area contributed by atoms with Gasteiger partial charge in [0.15, 0.2) is 0 Å². The Hall–Kier alpha value is -3.06. The van der Waals surface area contributed by atoms with Gasteiger partial charge >= 0.3 is 0 Å². The Morgan fingerprint density at radius 3 is 2.78 bits per heavy atom. The van der Waals surface area contributed by atoms with Crippen LogP contribution >= 0.6 is 23.2 Å². The van der Waals surface area contributed by atoms with E-state index in [1.165, 1.54) is 0 Å². The van der Waals surface area contributed by atoms with Crippen LogP contribution < -0.4 is 10.2 Å². The molecule has 3 aromatic carbocycles. The molecule has 0 aliphatic carbocycles. The third-order valence-corrected chi connectivity index (χ3v) is 7.42. The third-order valence-electron chi connectivity index (χ3n) is 6.80. The molecule has 3 aromatic rings. The van der Waals surface area contributed by atoms with Gasteiger partial charge in [0.25, 0.3) is 0 Å². The first-order chi connectivity index (χ1) is 17.3. The van der Waals surface area contributed by atoms with Crippen LogP contribution in [0.5, 0.6) is 5.75 Å². The Morgan fingerprint density at radius 2 is 2.03 bits per heavy atom. The highest BCUT2D eigenvalue weighted by Gasteiger charge is 2.35. The van der Waals surface area contributed by atoms with Gasteiger partial charge in [0, 0.05) is 41.5 Å². The smallest absolute Gasteiger partial charge is 0.250 e. The lowest BCUT2D eigenvalue weighted by molar-refractivity contribution is -0.131. The Balaban J connectivity index is 1.60. The van der Waals surface area contributed by atoms with Crippen LogP contribution in [0.4, 0.5) is 11.4 Å². The molecular formula is C28H28Cl2N4O2. The molecule has 0 aromatic heterocycles. The summed E-state index contributed by atoms with van der Waals surface area (Å²) in [6.45, 7) is 3.58. The second-order valence-electron chi connectivity index (χ2n) is 9.47. The Morgan fingerprint density at radius 1 is 1.19 bits per heavy atom. The number of aryl methyl sites for hydroxylation is 1. The molecule has 1 unspecified atom stereocenters. The Bertz CT molecular complexity index is 1320. The third kappa shape index (κ3) is 4.81. The Labute approximate surface area is 221 Å². The minimum Gasteiger partial charge on any atom is -0.506 e. The molecule has 2 N–H and O–H groups in total. The van der Waals surface area contributed by atoms with Crippen LogP contribution in [0.15, 0.2) is 59.6 Å². The molecule has 186 valence electrons. The fraction of sp³-hybridized carbons (Fsp3) is 0.286. The first-order valence-corrected chi connectivity index (χ1v) is 12.8. The summed E-state index contributed by atoms with van der Waals surface area (Å²) >= 11 is 12.8. The van der Waals surface area contributed by atoms with Gasteiger partial charge < -0.3 is 20.2 Å². The highest BCUT2D eigenvalue weighted by Crippen LogP contribution is 2.42. The van der Waals surface area contributed by atoms with E-state index >= 15 is 0 Å². The van der Waals surface area contributed by atoms with Crippen molar-refractivity contribution in [1.82, 2.24) is 10.2 Å². The van der Waals surface area contributed by atoms with Crippen molar-refractivity contribution >= 4 is 46.8 Å². The summed E-state index contributed by atoms with van der Waals surface area (Å²) in [6, 6.07) is 16.3. The summed E-state index contributed by atoms with van der Waals surface area (Å²) in [5, 5.41) is 14.5. The minimum atomic E-state index is -0.641. The second kappa shape index (κ2) is 10.1. The maximum Gasteiger partial charge on any atom is 0.250 e. The van der Waals surface area contributed by atoms with Gasteiger partial charge in [-0.3, -0.25) is 4.79 Å². The van der Waals surface area contributed by atoms with Crippen molar-refractivity contribution < 1.29 is 9.90 Å². The van der Waals surface area contributed by atoms with Crippen molar-refractivity contribution in [2.75, 3.05) is 25.0 Å². The number of carbonyl (C=O) groups excluding carboxylic acids is 1. The van der Waals surface area contributed by atoms with E-state index in [-0.39, 0.29) is 22.7 Å². The molecule has 0 spiro atoms. The number of nitrogens with zero attached hydrogens (tertiary/aromatic N) is 3. The summed E-state index contributed by atoms with van der Waals surface area (Å²) < 4.78 is 0. The average Bonchev–Trinajstić information content (AvgIpc) is 3.36. The van der Waals surface area contributed by atoms with Crippen LogP contribution in [0.2, 0.25) is 10.0 Å². The monoisotopic (exact) mass is 522 g/mol. The summed E-state index contributed by atoms with van der Waals surface area (Å²) in [7, 11) is 1.85. The molecule has 2 atom stereocenters. The van der Waals surface area contributed by atoms with Gasteiger partial charge in [-0.2, -0.15) is 0 Å². The summed E-state index contributed by atoms with van der Waals surface area (Å²) in [4.78, 5) is 22.4. The summed E-state index contributed by atoms with van der Waals surface area (Å²) in [5.74, 6) is -0.0229. The molecule has 0 bridgehead atoms. The number of fused-ring (bicyclic) bond motifs is 1. The van der Waals surface area contributed by atoms with E-state index in [1.807, 2.05) is 61.3 Å². The molecule has 36 heavy (non-hydrogen) atoms. The van der Waals surface area contributed by atoms with Crippen molar-refractivity contribution in [2.24, 2.45) is 4.99 Å². The average molecular weight is 523 g/mol. The second-order valence-corrected chi connectivity index (χ2v) is 10.3. The van der Waals surface area contributed by atoms with E-state index < -0.39 is 6.04 Å². The van der Waals surface area contributed by atoms with Gasteiger partial charge in [-0.25, -0.2) is 4.99 Å². The maximum absolute atomic E-state index is 14.1. The number of rotatable bonds is 5. The Kier molecular flexibility index (Phi) is 6.93. The molecular weight excluding hydrogens is 495 g/mol. The molecule has 2 aliphatic heterocycles. The number of phenols is 1. The molecule has 0 radical (unpaired) electrons. The van der Waals surface area contributed by atoms with E-state index in [0.29, 0.717) is 17.1 Å². The zero-order valence-electron chi connectivity index (χ0n) is 20.2. The lowest BCUT2D eigenvalue weighted by Crippen LogP contribution is -2.46. The lowest BCUT2D eigenvalue weighted by Gasteiger charge is -2.36. The standard InChI is InChI=1S/C28H28Cl2N4O2/c1-17-11-19(29)14-21(12-17)34-16-32-24-9-8-18(22-6-3-7-25(35)26(22)30)13-23(24)27(34)28(36)33(2)15-20-5-4-10-31-20/h3,6-9,11-14,16,20,27,31,35H,4-5,10,15H2,1-2H3/t20-,27?/m0/s1. The number of carbonyl (C=O) groups is 1. The number of hydrogen-bond acceptors (Lipinski definition) is 5. The predicted octanol–water partition coefficient (Wildman–Crippen LogP) is 6.11. The van der Waals surface area contributed by atoms with Gasteiger partial charge in [0.2, 0.25) is 5.91 Å². The van der Waals surface area contributed by atoms with Crippen molar-refractivity contribution in [1.29, 1.82) is 0 Å². The fourth-order valence-corrected chi connectivity index (χ4v) is 5.54. The molecule has 0 saturated carbocycles. The largest absolute Gasteiger partial charge is 0.506 e. The highest BCUT2D eigenvalue weighted by atomic mass is 35.5. The van der Waals surface area contributed by atoms with Crippen LogP contribution in [0.3, 0.4) is 0 Å². The maximum atomic E-state index is 14.1. The van der Waals surface area contributed by atoms with E-state index in [1.54, 1.807) is 23.4 Å². The number of halogens is 2. The van der Waals surface area contributed by atoms with Gasteiger partial charge in [0.05, 0.1) is 17.0 Å². The van der Waals surface area contributed by atoms with Crippen LogP contribution in [-0.2, 0) is 4.79 Å². The molecule has 1 saturated heterocycles. The van der Waals surface area contributed by atoms with Crippen LogP contribution in [0, 0.1) is 6.92 Å². The molecule has 1 amide bonds. The van der Waals surface area contributed by atoms with Gasteiger partial charge in [-0.05, 0) is 73.8 Å². The normalized spacial score (nSPS) is 18.8. The molecule has 1 fully saturated rings. The summed E-state index contributed by atoms with van der Waals surface area (Å²) in [5.41, 5.74) is 4.76. The number of aromatic hydroxyl groups is 1. The van der Waals surface area contributed by atoms with E-state index in [9.17, 15) is 9.90 Å². The number of anilines is 1. The summed E-state index contributed by atoms with van der Waals surface area (Å²) in [6.07, 6.45) is 3.88. The van der Waals surface area contributed by atoms with E-state index in [2.05, 4.69) is 10.3 Å². The first kappa shape index (κ1) is 24.6. The van der Waals surface area contributed by atoms with Crippen molar-refractivity contribution in [3.8, 4) is 16.9 Å². The first-order valence-electron chi connectivity index (χ1n) is 12.0. The van der Waals surface area contributed by atoms with Crippen molar-refractivity contribution in [3.05, 3.63) is 75.8 Å². The fourth-order valence-electron chi connectivity index (χ4n) is 5.02. The number of hydrogen-bond donors (Lipinski definition) is 2. The van der Waals surface area contributed by atoms with Gasteiger partial charge in [0.1, 0.15) is 11.8 Å². The topological polar surface area (TPSA) is 68.2 Å². The van der Waals surface area contributed by atoms with E-state index in [0.717, 1.165) is 47.5 Å². The lowest BCUT2D eigenvalue weighted by atomic mass is 9.94. The zero-order valence-corrected chi connectivity index (χ0v) is 21.7.